The predicted molar refractivity (Wildman–Crippen MR) is 119 cm³/mol. The molecule has 1 N–H and O–H groups in total. The van der Waals surface area contributed by atoms with Crippen LogP contribution in [0.1, 0.15) is 24.0 Å². The van der Waals surface area contributed by atoms with E-state index < -0.39 is 0 Å². The molecular weight excluding hydrogens is 410 g/mol. The first-order valence-electron chi connectivity index (χ1n) is 10.8. The summed E-state index contributed by atoms with van der Waals surface area (Å²) in [7, 11) is 0. The summed E-state index contributed by atoms with van der Waals surface area (Å²) in [6.45, 7) is 2.86. The largest absolute Gasteiger partial charge is 0.457 e. The van der Waals surface area contributed by atoms with Crippen molar-refractivity contribution < 1.29 is 18.3 Å². The Bertz CT molecular complexity index is 1050. The van der Waals surface area contributed by atoms with Crippen LogP contribution in [0.25, 0.3) is 0 Å². The van der Waals surface area contributed by atoms with Crippen molar-refractivity contribution in [3.05, 3.63) is 95.6 Å². The highest BCUT2D eigenvalue weighted by Gasteiger charge is 2.24. The first-order chi connectivity index (χ1) is 15.5. The van der Waals surface area contributed by atoms with Crippen LogP contribution in [0.15, 0.2) is 72.8 Å². The molecule has 1 amide bonds. The molecule has 4 nitrogen and oxygen atoms in total. The lowest BCUT2D eigenvalue weighted by atomic mass is 9.95. The molecule has 1 fully saturated rings. The second-order valence-corrected chi connectivity index (χ2v) is 8.10. The maximum atomic E-state index is 13.4. The number of ether oxygens (including phenoxy) is 1. The van der Waals surface area contributed by atoms with Crippen molar-refractivity contribution in [2.45, 2.75) is 25.9 Å². The lowest BCUT2D eigenvalue weighted by Crippen LogP contribution is -2.40. The normalized spacial score (nSPS) is 14.8. The Morgan fingerprint density at radius 1 is 0.875 bits per heavy atom. The van der Waals surface area contributed by atoms with Crippen molar-refractivity contribution in [2.24, 2.45) is 5.92 Å². The van der Waals surface area contributed by atoms with Gasteiger partial charge in [0.15, 0.2) is 0 Å². The number of hydrogen-bond donors (Lipinski definition) is 1. The lowest BCUT2D eigenvalue weighted by molar-refractivity contribution is -0.126. The summed E-state index contributed by atoms with van der Waals surface area (Å²) in [6, 6.07) is 20.0. The molecule has 0 aliphatic carbocycles. The molecule has 0 spiro atoms. The Kier molecular flexibility index (Phi) is 7.12. The first-order valence-corrected chi connectivity index (χ1v) is 10.8. The summed E-state index contributed by atoms with van der Waals surface area (Å²) >= 11 is 0. The van der Waals surface area contributed by atoms with Crippen molar-refractivity contribution in [3.8, 4) is 11.5 Å². The summed E-state index contributed by atoms with van der Waals surface area (Å²) in [6.07, 6.45) is 1.60. The average Bonchev–Trinajstić information content (AvgIpc) is 2.79. The van der Waals surface area contributed by atoms with Crippen LogP contribution >= 0.6 is 0 Å². The van der Waals surface area contributed by atoms with Crippen LogP contribution in [0.4, 0.5) is 8.78 Å². The zero-order valence-corrected chi connectivity index (χ0v) is 17.8. The molecule has 0 saturated carbocycles. The smallest absolute Gasteiger partial charge is 0.223 e. The Balaban J connectivity index is 1.25. The molecule has 0 unspecified atom stereocenters. The summed E-state index contributed by atoms with van der Waals surface area (Å²) in [4.78, 5) is 14.8. The van der Waals surface area contributed by atoms with Crippen LogP contribution in [0.2, 0.25) is 0 Å². The van der Waals surface area contributed by atoms with Gasteiger partial charge in [-0.05, 0) is 73.5 Å². The summed E-state index contributed by atoms with van der Waals surface area (Å²) in [5.74, 6) is 0.577. The standard InChI is InChI=1S/C26H26F2N2O2/c27-22-9-7-19(8-10-22)17-29-26(31)21-11-13-30(14-12-21)18-20-3-1-5-24(15-20)32-25-6-2-4-23(28)16-25/h1-10,15-16,21H,11-14,17-18H2,(H,29,31). The number of halogens is 2. The van der Waals surface area contributed by atoms with Gasteiger partial charge in [-0.2, -0.15) is 0 Å². The molecule has 4 rings (SSSR count). The van der Waals surface area contributed by atoms with Crippen molar-refractivity contribution in [2.75, 3.05) is 13.1 Å². The number of carbonyl (C=O) groups is 1. The fourth-order valence-corrected chi connectivity index (χ4v) is 3.92. The van der Waals surface area contributed by atoms with Crippen LogP contribution in [-0.2, 0) is 17.9 Å². The van der Waals surface area contributed by atoms with Gasteiger partial charge in [-0.15, -0.1) is 0 Å². The van der Waals surface area contributed by atoms with Crippen LogP contribution in [0, 0.1) is 17.6 Å². The van der Waals surface area contributed by atoms with E-state index in [0.717, 1.165) is 43.6 Å². The van der Waals surface area contributed by atoms with Crippen LogP contribution in [0.5, 0.6) is 11.5 Å². The Hall–Kier alpha value is -3.25. The molecule has 0 radical (unpaired) electrons. The van der Waals surface area contributed by atoms with E-state index in [1.165, 1.54) is 24.3 Å². The molecule has 1 aliphatic rings. The maximum absolute atomic E-state index is 13.4. The highest BCUT2D eigenvalue weighted by Crippen LogP contribution is 2.25. The molecule has 32 heavy (non-hydrogen) atoms. The number of nitrogens with zero attached hydrogens (tertiary/aromatic N) is 1. The maximum Gasteiger partial charge on any atom is 0.223 e. The third kappa shape index (κ3) is 6.14. The van der Waals surface area contributed by atoms with Gasteiger partial charge in [0, 0.05) is 25.1 Å². The third-order valence-electron chi connectivity index (χ3n) is 5.67. The average molecular weight is 437 g/mol. The van der Waals surface area contributed by atoms with E-state index in [2.05, 4.69) is 10.2 Å². The fraction of sp³-hybridized carbons (Fsp3) is 0.269. The lowest BCUT2D eigenvalue weighted by Gasteiger charge is -2.31. The second-order valence-electron chi connectivity index (χ2n) is 8.10. The Labute approximate surface area is 186 Å². The van der Waals surface area contributed by atoms with E-state index in [1.54, 1.807) is 24.3 Å². The van der Waals surface area contributed by atoms with Gasteiger partial charge < -0.3 is 10.1 Å². The van der Waals surface area contributed by atoms with Crippen molar-refractivity contribution in [3.63, 3.8) is 0 Å². The van der Waals surface area contributed by atoms with Gasteiger partial charge >= 0.3 is 0 Å². The van der Waals surface area contributed by atoms with Crippen molar-refractivity contribution >= 4 is 5.91 Å². The van der Waals surface area contributed by atoms with E-state index in [-0.39, 0.29) is 23.5 Å². The summed E-state index contributed by atoms with van der Waals surface area (Å²) < 4.78 is 32.1. The van der Waals surface area contributed by atoms with Gasteiger partial charge in [0.05, 0.1) is 0 Å². The first kappa shape index (κ1) is 22.0. The predicted octanol–water partition coefficient (Wildman–Crippen LogP) is 5.29. The molecule has 0 bridgehead atoms. The van der Waals surface area contributed by atoms with Crippen LogP contribution in [-0.4, -0.2) is 23.9 Å². The number of likely N-dealkylation sites (tertiary alicyclic amines) is 1. The van der Waals surface area contributed by atoms with Crippen molar-refractivity contribution in [1.82, 2.24) is 10.2 Å². The number of piperidine rings is 1. The fourth-order valence-electron chi connectivity index (χ4n) is 3.92. The van der Waals surface area contributed by atoms with Crippen LogP contribution < -0.4 is 10.1 Å². The molecular formula is C26H26F2N2O2. The minimum atomic E-state index is -0.330. The third-order valence-corrected chi connectivity index (χ3v) is 5.67. The molecule has 0 aromatic heterocycles. The van der Waals surface area contributed by atoms with Gasteiger partial charge in [0.1, 0.15) is 23.1 Å². The molecule has 1 heterocycles. The van der Waals surface area contributed by atoms with E-state index in [0.29, 0.717) is 18.0 Å². The highest BCUT2D eigenvalue weighted by molar-refractivity contribution is 5.78. The molecule has 0 atom stereocenters. The molecule has 166 valence electrons. The van der Waals surface area contributed by atoms with E-state index >= 15 is 0 Å². The van der Waals surface area contributed by atoms with E-state index in [9.17, 15) is 13.6 Å². The molecule has 3 aromatic rings. The van der Waals surface area contributed by atoms with Gasteiger partial charge in [-0.25, -0.2) is 8.78 Å². The molecule has 3 aromatic carbocycles. The molecule has 1 aliphatic heterocycles. The van der Waals surface area contributed by atoms with Crippen molar-refractivity contribution in [1.29, 1.82) is 0 Å². The minimum absolute atomic E-state index is 0.00524. The van der Waals surface area contributed by atoms with Gasteiger partial charge in [-0.3, -0.25) is 9.69 Å². The number of benzene rings is 3. The van der Waals surface area contributed by atoms with Gasteiger partial charge in [0.2, 0.25) is 5.91 Å². The Morgan fingerprint density at radius 2 is 1.56 bits per heavy atom. The zero-order valence-electron chi connectivity index (χ0n) is 17.8. The topological polar surface area (TPSA) is 41.6 Å². The SMILES string of the molecule is O=C(NCc1ccc(F)cc1)C1CCN(Cc2cccc(Oc3cccc(F)c3)c2)CC1. The van der Waals surface area contributed by atoms with Crippen LogP contribution in [0.3, 0.4) is 0 Å². The molecule has 1 saturated heterocycles. The van der Waals surface area contributed by atoms with E-state index in [1.807, 2.05) is 24.3 Å². The number of amides is 1. The number of carbonyl (C=O) groups excluding carboxylic acids is 1. The Morgan fingerprint density at radius 3 is 2.28 bits per heavy atom. The highest BCUT2D eigenvalue weighted by atomic mass is 19.1. The number of hydrogen-bond acceptors (Lipinski definition) is 3. The summed E-state index contributed by atoms with van der Waals surface area (Å²) in [5, 5.41) is 2.96. The zero-order chi connectivity index (χ0) is 22.3. The van der Waals surface area contributed by atoms with E-state index in [4.69, 9.17) is 4.74 Å². The second kappa shape index (κ2) is 10.4. The molecule has 6 heteroatoms. The minimum Gasteiger partial charge on any atom is -0.457 e. The van der Waals surface area contributed by atoms with Gasteiger partial charge in [-0.1, -0.05) is 30.3 Å². The number of nitrogens with one attached hydrogen (secondary N) is 1. The quantitative estimate of drug-likeness (QED) is 0.548. The monoisotopic (exact) mass is 436 g/mol. The number of rotatable bonds is 7. The summed E-state index contributed by atoms with van der Waals surface area (Å²) in [5.41, 5.74) is 2.00. The van der Waals surface area contributed by atoms with Gasteiger partial charge in [0.25, 0.3) is 0 Å².